The third-order valence-electron chi connectivity index (χ3n) is 3.53. The Morgan fingerprint density at radius 1 is 1.20 bits per heavy atom. The normalized spacial score (nSPS) is 16.7. The van der Waals surface area contributed by atoms with E-state index in [-0.39, 0.29) is 30.0 Å². The van der Waals surface area contributed by atoms with E-state index in [1.54, 1.807) is 13.8 Å². The Kier molecular flexibility index (Phi) is 5.93. The number of amides is 2. The average Bonchev–Trinajstić information content (AvgIpc) is 2.59. The number of esters is 2. The first-order chi connectivity index (χ1) is 12.0. The second-order valence-corrected chi connectivity index (χ2v) is 5.19. The minimum atomic E-state index is -0.683. The average molecular weight is 349 g/mol. The molecule has 2 rings (SSSR count). The SMILES string of the molecule is CCOC(=O)C1=C(COC(=O)c2cc[n+]([O-])cc2)NC(=O)N[C@@H]1CC. The van der Waals surface area contributed by atoms with Gasteiger partial charge >= 0.3 is 18.0 Å². The topological polar surface area (TPSA) is 121 Å². The van der Waals surface area contributed by atoms with E-state index in [4.69, 9.17) is 9.47 Å². The third kappa shape index (κ3) is 4.46. The van der Waals surface area contributed by atoms with E-state index in [2.05, 4.69) is 10.6 Å². The molecule has 0 saturated carbocycles. The zero-order chi connectivity index (χ0) is 18.4. The molecule has 1 aromatic rings. The van der Waals surface area contributed by atoms with Crippen molar-refractivity contribution in [3.8, 4) is 0 Å². The number of ether oxygens (including phenoxy) is 2. The number of carbonyl (C=O) groups is 3. The molecule has 1 aliphatic heterocycles. The van der Waals surface area contributed by atoms with Gasteiger partial charge < -0.3 is 25.3 Å². The molecular weight excluding hydrogens is 330 g/mol. The van der Waals surface area contributed by atoms with Crippen LogP contribution in [0.5, 0.6) is 0 Å². The molecule has 0 bridgehead atoms. The number of pyridine rings is 1. The lowest BCUT2D eigenvalue weighted by Crippen LogP contribution is -2.51. The smallest absolute Gasteiger partial charge is 0.338 e. The molecule has 0 unspecified atom stereocenters. The van der Waals surface area contributed by atoms with Gasteiger partial charge in [-0.1, -0.05) is 6.92 Å². The van der Waals surface area contributed by atoms with Crippen molar-refractivity contribution in [1.82, 2.24) is 10.6 Å². The number of urea groups is 1. The molecular formula is C16H19N3O6. The van der Waals surface area contributed by atoms with Crippen molar-refractivity contribution in [2.24, 2.45) is 0 Å². The second kappa shape index (κ2) is 8.13. The lowest BCUT2D eigenvalue weighted by atomic mass is 10.0. The molecule has 1 aliphatic rings. The highest BCUT2D eigenvalue weighted by molar-refractivity contribution is 5.95. The first-order valence-electron chi connectivity index (χ1n) is 7.79. The Bertz CT molecular complexity index is 698. The molecule has 2 heterocycles. The van der Waals surface area contributed by atoms with Gasteiger partial charge in [-0.2, -0.15) is 4.73 Å². The fourth-order valence-corrected chi connectivity index (χ4v) is 2.35. The summed E-state index contributed by atoms with van der Waals surface area (Å²) < 4.78 is 10.7. The van der Waals surface area contributed by atoms with Crippen LogP contribution in [0.25, 0.3) is 0 Å². The maximum Gasteiger partial charge on any atom is 0.338 e. The van der Waals surface area contributed by atoms with Crippen molar-refractivity contribution in [1.29, 1.82) is 0 Å². The molecule has 1 atom stereocenters. The van der Waals surface area contributed by atoms with Crippen LogP contribution in [0.1, 0.15) is 30.6 Å². The number of nitrogens with zero attached hydrogens (tertiary/aromatic N) is 1. The van der Waals surface area contributed by atoms with Gasteiger partial charge in [0, 0.05) is 12.1 Å². The molecule has 134 valence electrons. The summed E-state index contributed by atoms with van der Waals surface area (Å²) in [7, 11) is 0. The van der Waals surface area contributed by atoms with E-state index in [1.807, 2.05) is 0 Å². The molecule has 0 spiro atoms. The highest BCUT2D eigenvalue weighted by atomic mass is 16.5. The van der Waals surface area contributed by atoms with Crippen LogP contribution < -0.4 is 15.4 Å². The van der Waals surface area contributed by atoms with Crippen molar-refractivity contribution >= 4 is 18.0 Å². The summed E-state index contributed by atoms with van der Waals surface area (Å²) in [5.41, 5.74) is 0.581. The van der Waals surface area contributed by atoms with Crippen LogP contribution in [0.15, 0.2) is 35.8 Å². The van der Waals surface area contributed by atoms with Gasteiger partial charge in [-0.25, -0.2) is 14.4 Å². The molecule has 1 aromatic heterocycles. The van der Waals surface area contributed by atoms with Gasteiger partial charge in [0.2, 0.25) is 0 Å². The molecule has 0 aliphatic carbocycles. The Morgan fingerprint density at radius 3 is 2.48 bits per heavy atom. The van der Waals surface area contributed by atoms with Crippen LogP contribution in [0, 0.1) is 5.21 Å². The molecule has 0 aromatic carbocycles. The van der Waals surface area contributed by atoms with E-state index in [0.717, 1.165) is 0 Å². The van der Waals surface area contributed by atoms with Crippen molar-refractivity contribution in [3.05, 3.63) is 46.6 Å². The van der Waals surface area contributed by atoms with E-state index in [9.17, 15) is 19.6 Å². The van der Waals surface area contributed by atoms with Gasteiger partial charge in [-0.3, -0.25) is 0 Å². The predicted molar refractivity (Wildman–Crippen MR) is 85.1 cm³/mol. The fraction of sp³-hybridized carbons (Fsp3) is 0.375. The molecule has 25 heavy (non-hydrogen) atoms. The van der Waals surface area contributed by atoms with Gasteiger partial charge in [-0.05, 0) is 13.3 Å². The summed E-state index contributed by atoms with van der Waals surface area (Å²) in [6, 6.07) is 1.60. The Labute approximate surface area is 144 Å². The number of hydrogen-bond acceptors (Lipinski definition) is 6. The number of hydrogen-bond donors (Lipinski definition) is 2. The highest BCUT2D eigenvalue weighted by Gasteiger charge is 2.32. The van der Waals surface area contributed by atoms with E-state index in [1.165, 1.54) is 24.5 Å². The summed E-state index contributed by atoms with van der Waals surface area (Å²) in [6.45, 7) is 3.36. The predicted octanol–water partition coefficient (Wildman–Crippen LogP) is 0.385. The van der Waals surface area contributed by atoms with Gasteiger partial charge in [0.05, 0.1) is 29.5 Å². The van der Waals surface area contributed by atoms with Crippen LogP contribution in [-0.4, -0.2) is 37.2 Å². The Hall–Kier alpha value is -3.10. The molecule has 2 amide bonds. The molecule has 0 fully saturated rings. The summed E-state index contributed by atoms with van der Waals surface area (Å²) in [5, 5.41) is 16.1. The number of nitrogens with one attached hydrogen (secondary N) is 2. The van der Waals surface area contributed by atoms with Crippen molar-refractivity contribution in [3.63, 3.8) is 0 Å². The number of carbonyl (C=O) groups excluding carboxylic acids is 3. The molecule has 9 nitrogen and oxygen atoms in total. The minimum Gasteiger partial charge on any atom is -0.619 e. The zero-order valence-electron chi connectivity index (χ0n) is 13.9. The van der Waals surface area contributed by atoms with Crippen LogP contribution in [0.3, 0.4) is 0 Å². The number of aromatic nitrogens is 1. The van der Waals surface area contributed by atoms with Crippen molar-refractivity contribution in [2.45, 2.75) is 26.3 Å². The monoisotopic (exact) mass is 349 g/mol. The maximum atomic E-state index is 12.2. The first kappa shape index (κ1) is 18.2. The van der Waals surface area contributed by atoms with Gasteiger partial charge in [0.15, 0.2) is 12.4 Å². The Balaban J connectivity index is 2.19. The van der Waals surface area contributed by atoms with E-state index < -0.39 is 24.0 Å². The summed E-state index contributed by atoms with van der Waals surface area (Å²) in [6.07, 6.45) is 2.81. The van der Waals surface area contributed by atoms with E-state index >= 15 is 0 Å². The summed E-state index contributed by atoms with van der Waals surface area (Å²) in [4.78, 5) is 36.0. The lowest BCUT2D eigenvalue weighted by Gasteiger charge is -2.28. The minimum absolute atomic E-state index is 0.178. The fourth-order valence-electron chi connectivity index (χ4n) is 2.35. The van der Waals surface area contributed by atoms with Crippen LogP contribution in [0.2, 0.25) is 0 Å². The van der Waals surface area contributed by atoms with Gasteiger partial charge in [0.25, 0.3) is 0 Å². The van der Waals surface area contributed by atoms with Crippen molar-refractivity contribution in [2.75, 3.05) is 13.2 Å². The number of rotatable bonds is 6. The zero-order valence-corrected chi connectivity index (χ0v) is 13.9. The second-order valence-electron chi connectivity index (χ2n) is 5.19. The first-order valence-corrected chi connectivity index (χ1v) is 7.79. The van der Waals surface area contributed by atoms with Crippen LogP contribution >= 0.6 is 0 Å². The Morgan fingerprint density at radius 2 is 1.88 bits per heavy atom. The highest BCUT2D eigenvalue weighted by Crippen LogP contribution is 2.17. The molecule has 0 saturated heterocycles. The summed E-state index contributed by atoms with van der Waals surface area (Å²) in [5.74, 6) is -1.27. The van der Waals surface area contributed by atoms with Gasteiger partial charge in [0.1, 0.15) is 6.61 Å². The molecule has 9 heteroatoms. The van der Waals surface area contributed by atoms with Crippen molar-refractivity contribution < 1.29 is 28.6 Å². The van der Waals surface area contributed by atoms with Crippen LogP contribution in [-0.2, 0) is 14.3 Å². The van der Waals surface area contributed by atoms with Gasteiger partial charge in [-0.15, -0.1) is 0 Å². The largest absolute Gasteiger partial charge is 0.619 e. The summed E-state index contributed by atoms with van der Waals surface area (Å²) >= 11 is 0. The van der Waals surface area contributed by atoms with E-state index in [0.29, 0.717) is 11.2 Å². The maximum absolute atomic E-state index is 12.2. The lowest BCUT2D eigenvalue weighted by molar-refractivity contribution is -0.605. The molecule has 0 radical (unpaired) electrons. The quantitative estimate of drug-likeness (QED) is 0.435. The standard InChI is InChI=1S/C16H19N3O6/c1-3-11-13(15(21)24-4-2)12(18-16(22)17-11)9-25-14(20)10-5-7-19(23)8-6-10/h5-8,11H,3-4,9H2,1-2H3,(H2,17,18,22)/t11-/m1/s1. The molecule has 2 N–H and O–H groups in total. The third-order valence-corrected chi connectivity index (χ3v) is 3.53. The van der Waals surface area contributed by atoms with Crippen LogP contribution in [0.4, 0.5) is 4.79 Å².